The molecule has 0 aromatic heterocycles. The van der Waals surface area contributed by atoms with E-state index in [-0.39, 0.29) is 24.1 Å². The van der Waals surface area contributed by atoms with Crippen LogP contribution in [0.1, 0.15) is 10.4 Å². The third-order valence-electron chi connectivity index (χ3n) is 4.54. The Hall–Kier alpha value is -2.55. The van der Waals surface area contributed by atoms with Gasteiger partial charge < -0.3 is 14.8 Å². The first-order valence-corrected chi connectivity index (χ1v) is 11.3. The van der Waals surface area contributed by atoms with Crippen LogP contribution in [0.5, 0.6) is 5.75 Å². The molecule has 0 unspecified atom stereocenters. The van der Waals surface area contributed by atoms with Crippen molar-refractivity contribution in [2.75, 3.05) is 24.3 Å². The number of rotatable bonds is 6. The number of Topliss-reactive ketones (excluding diaryl/α,β-unsaturated/α-hetero) is 1. The molecule has 9 heteroatoms. The molecule has 3 aromatic carbocycles. The van der Waals surface area contributed by atoms with E-state index in [2.05, 4.69) is 21.2 Å². The van der Waals surface area contributed by atoms with E-state index in [0.29, 0.717) is 22.0 Å². The number of carbonyl (C=O) groups excluding carboxylic acids is 3. The molecule has 1 aliphatic heterocycles. The van der Waals surface area contributed by atoms with Crippen molar-refractivity contribution in [2.24, 2.45) is 0 Å². The molecule has 1 aliphatic rings. The predicted octanol–water partition coefficient (Wildman–Crippen LogP) is 5.10. The van der Waals surface area contributed by atoms with Crippen LogP contribution in [0.25, 0.3) is 10.8 Å². The molecule has 4 rings (SSSR count). The second-order valence-electron chi connectivity index (χ2n) is 6.63. The first-order valence-electron chi connectivity index (χ1n) is 9.17. The third kappa shape index (κ3) is 4.87. The quantitative estimate of drug-likeness (QED) is 0.276. The van der Waals surface area contributed by atoms with Crippen LogP contribution >= 0.6 is 39.3 Å². The lowest BCUT2D eigenvalue weighted by Crippen LogP contribution is -2.25. The van der Waals surface area contributed by atoms with Gasteiger partial charge in [0.15, 0.2) is 19.0 Å². The van der Waals surface area contributed by atoms with Crippen LogP contribution in [0.15, 0.2) is 57.9 Å². The number of hydrogen-bond donors (Lipinski definition) is 1. The predicted molar refractivity (Wildman–Crippen MR) is 123 cm³/mol. The van der Waals surface area contributed by atoms with E-state index in [4.69, 9.17) is 21.1 Å². The van der Waals surface area contributed by atoms with Gasteiger partial charge in [-0.3, -0.25) is 14.4 Å². The summed E-state index contributed by atoms with van der Waals surface area (Å²) in [4.78, 5) is 36.9. The molecule has 3 aromatic rings. The maximum Gasteiger partial charge on any atom is 0.316 e. The number of hydrogen-bond acceptors (Lipinski definition) is 6. The Balaban J connectivity index is 1.37. The van der Waals surface area contributed by atoms with Gasteiger partial charge >= 0.3 is 5.97 Å². The molecule has 0 saturated heterocycles. The number of nitrogens with one attached hydrogen (secondary N) is 1. The molecule has 1 heterocycles. The summed E-state index contributed by atoms with van der Waals surface area (Å²) in [5, 5.41) is 5.03. The van der Waals surface area contributed by atoms with Gasteiger partial charge in [-0.05, 0) is 41.8 Å². The van der Waals surface area contributed by atoms with Crippen LogP contribution < -0.4 is 10.1 Å². The molecule has 158 valence electrons. The van der Waals surface area contributed by atoms with Crippen LogP contribution in [0.2, 0.25) is 5.02 Å². The van der Waals surface area contributed by atoms with Crippen molar-refractivity contribution in [1.82, 2.24) is 0 Å². The Morgan fingerprint density at radius 2 is 2.03 bits per heavy atom. The average Bonchev–Trinajstić information content (AvgIpc) is 2.77. The van der Waals surface area contributed by atoms with E-state index in [1.165, 1.54) is 17.8 Å². The van der Waals surface area contributed by atoms with Crippen LogP contribution in [0, 0.1) is 0 Å². The standard InChI is InChI=1S/C22H15BrClNO5S/c23-14-5-7-19(22-13(14)2-1-3-15(22)24)31-11-21(28)30-9-17(26)12-4-6-18-16(8-12)25-20(27)10-29-18/h1-8H,9-11H2,(H,25,27). The zero-order valence-corrected chi connectivity index (χ0v) is 19.1. The highest BCUT2D eigenvalue weighted by Gasteiger charge is 2.19. The summed E-state index contributed by atoms with van der Waals surface area (Å²) in [6.45, 7) is -0.455. The van der Waals surface area contributed by atoms with Crippen LogP contribution in [0.4, 0.5) is 5.69 Å². The molecular weight excluding hydrogens is 506 g/mol. The fourth-order valence-corrected chi connectivity index (χ4v) is 4.76. The minimum atomic E-state index is -0.518. The third-order valence-corrected chi connectivity index (χ3v) is 6.58. The van der Waals surface area contributed by atoms with Crippen LogP contribution in [0.3, 0.4) is 0 Å². The summed E-state index contributed by atoms with van der Waals surface area (Å²) in [7, 11) is 0. The van der Waals surface area contributed by atoms with Gasteiger partial charge in [-0.25, -0.2) is 0 Å². The van der Waals surface area contributed by atoms with Crippen molar-refractivity contribution in [3.63, 3.8) is 0 Å². The Kier molecular flexibility index (Phi) is 6.50. The summed E-state index contributed by atoms with van der Waals surface area (Å²) < 4.78 is 11.3. The number of halogens is 2. The van der Waals surface area contributed by atoms with Gasteiger partial charge in [0.25, 0.3) is 5.91 Å². The fourth-order valence-electron chi connectivity index (χ4n) is 3.08. The van der Waals surface area contributed by atoms with E-state index < -0.39 is 12.6 Å². The minimum absolute atomic E-state index is 0.0311. The van der Waals surface area contributed by atoms with Crippen molar-refractivity contribution in [1.29, 1.82) is 0 Å². The van der Waals surface area contributed by atoms with E-state index in [1.54, 1.807) is 18.2 Å². The van der Waals surface area contributed by atoms with Crippen LogP contribution in [-0.4, -0.2) is 36.6 Å². The molecule has 1 N–H and O–H groups in total. The van der Waals surface area contributed by atoms with E-state index >= 15 is 0 Å². The van der Waals surface area contributed by atoms with E-state index in [1.807, 2.05) is 24.3 Å². The van der Waals surface area contributed by atoms with Crippen LogP contribution in [-0.2, 0) is 14.3 Å². The molecule has 0 fully saturated rings. The number of anilines is 1. The second-order valence-corrected chi connectivity index (χ2v) is 8.91. The van der Waals surface area contributed by atoms with Crippen molar-refractivity contribution in [3.05, 3.63) is 63.6 Å². The molecule has 1 amide bonds. The Labute approximate surface area is 195 Å². The van der Waals surface area contributed by atoms with Gasteiger partial charge in [0.1, 0.15) is 5.75 Å². The fraction of sp³-hybridized carbons (Fsp3) is 0.136. The second kappa shape index (κ2) is 9.30. The molecule has 0 bridgehead atoms. The summed E-state index contributed by atoms with van der Waals surface area (Å²) in [6.07, 6.45) is 0. The van der Waals surface area contributed by atoms with Gasteiger partial charge in [0.2, 0.25) is 0 Å². The minimum Gasteiger partial charge on any atom is -0.482 e. The maximum absolute atomic E-state index is 12.4. The molecule has 0 radical (unpaired) electrons. The smallest absolute Gasteiger partial charge is 0.316 e. The molecule has 0 spiro atoms. The number of thioether (sulfide) groups is 1. The maximum atomic E-state index is 12.4. The van der Waals surface area contributed by atoms with Gasteiger partial charge in [-0.1, -0.05) is 39.7 Å². The SMILES string of the molecule is O=C1COc2ccc(C(=O)COC(=O)CSc3ccc(Br)c4cccc(Cl)c34)cc2N1. The van der Waals surface area contributed by atoms with Crippen molar-refractivity contribution in [3.8, 4) is 5.75 Å². The highest BCUT2D eigenvalue weighted by atomic mass is 79.9. The highest BCUT2D eigenvalue weighted by molar-refractivity contribution is 9.10. The van der Waals surface area contributed by atoms with Gasteiger partial charge in [-0.2, -0.15) is 0 Å². The summed E-state index contributed by atoms with van der Waals surface area (Å²) in [5.41, 5.74) is 0.735. The molecular formula is C22H15BrClNO5S. The first kappa shape index (κ1) is 21.7. The van der Waals surface area contributed by atoms with E-state index in [0.717, 1.165) is 20.1 Å². The number of esters is 1. The van der Waals surface area contributed by atoms with Crippen molar-refractivity contribution in [2.45, 2.75) is 4.90 Å². The number of amides is 1. The number of ether oxygens (including phenoxy) is 2. The number of carbonyl (C=O) groups is 3. The zero-order chi connectivity index (χ0) is 22.0. The molecule has 0 aliphatic carbocycles. The summed E-state index contributed by atoms with van der Waals surface area (Å²) in [5.74, 6) is -0.663. The largest absolute Gasteiger partial charge is 0.482 e. The Morgan fingerprint density at radius 3 is 2.87 bits per heavy atom. The lowest BCUT2D eigenvalue weighted by molar-refractivity contribution is -0.139. The highest BCUT2D eigenvalue weighted by Crippen LogP contribution is 2.37. The molecule has 31 heavy (non-hydrogen) atoms. The number of ketones is 1. The van der Waals surface area contributed by atoms with Crippen molar-refractivity contribution >= 4 is 73.4 Å². The van der Waals surface area contributed by atoms with Gasteiger partial charge in [-0.15, -0.1) is 11.8 Å². The Morgan fingerprint density at radius 1 is 1.19 bits per heavy atom. The molecule has 0 atom stereocenters. The Bertz CT molecular complexity index is 1220. The van der Waals surface area contributed by atoms with E-state index in [9.17, 15) is 14.4 Å². The topological polar surface area (TPSA) is 81.7 Å². The normalized spacial score (nSPS) is 12.6. The summed E-state index contributed by atoms with van der Waals surface area (Å²) >= 11 is 11.1. The first-order chi connectivity index (χ1) is 14.9. The van der Waals surface area contributed by atoms with Gasteiger partial charge in [0, 0.05) is 25.3 Å². The number of fused-ring (bicyclic) bond motifs is 2. The summed E-state index contributed by atoms with van der Waals surface area (Å²) in [6, 6.07) is 14.1. The van der Waals surface area contributed by atoms with Gasteiger partial charge in [0.05, 0.1) is 11.4 Å². The molecule has 6 nitrogen and oxygen atoms in total. The number of benzene rings is 3. The lowest BCUT2D eigenvalue weighted by Gasteiger charge is -2.18. The van der Waals surface area contributed by atoms with Crippen molar-refractivity contribution < 1.29 is 23.9 Å². The monoisotopic (exact) mass is 519 g/mol. The zero-order valence-electron chi connectivity index (χ0n) is 15.9. The average molecular weight is 521 g/mol. The lowest BCUT2D eigenvalue weighted by atomic mass is 10.1. The molecule has 0 saturated carbocycles.